The minimum Gasteiger partial charge on any atom is -1.00 e. The van der Waals surface area contributed by atoms with Crippen LogP contribution in [-0.4, -0.2) is 55.6 Å². The fraction of sp³-hybridized carbons (Fsp3) is 0.538. The van der Waals surface area contributed by atoms with E-state index < -0.39 is 21.7 Å². The number of nitrogens with zero attached hydrogens (tertiary/aromatic N) is 1. The summed E-state index contributed by atoms with van der Waals surface area (Å²) in [6, 6.07) is 10.2. The smallest absolute Gasteiger partial charge is 1.00 e. The molecule has 0 aromatic heterocycles. The molecule has 0 radical (unpaired) electrons. The molecule has 0 saturated carbocycles. The maximum absolute atomic E-state index is 10.8. The summed E-state index contributed by atoms with van der Waals surface area (Å²) in [4.78, 5) is 33.7. The summed E-state index contributed by atoms with van der Waals surface area (Å²) in [6.07, 6.45) is 2.05. The summed E-state index contributed by atoms with van der Waals surface area (Å²) in [5, 5.41) is 9.25. The summed E-state index contributed by atoms with van der Waals surface area (Å²) in [5.41, 5.74) is 1.28. The zero-order valence-corrected chi connectivity index (χ0v) is 20.7. The zero-order chi connectivity index (χ0) is 17.9. The minimum atomic E-state index is -4.36. The zero-order valence-electron chi connectivity index (χ0n) is 16.9. The van der Waals surface area contributed by atoms with Gasteiger partial charge in [-0.1, -0.05) is 30.3 Å². The first-order chi connectivity index (χ1) is 10.6. The van der Waals surface area contributed by atoms with Gasteiger partial charge < -0.3 is 22.6 Å². The van der Waals surface area contributed by atoms with Gasteiger partial charge >= 0.3 is 75.0 Å². The van der Waals surface area contributed by atoms with Gasteiger partial charge in [0, 0.05) is 11.1 Å². The normalized spacial score (nSPS) is 11.5. The van der Waals surface area contributed by atoms with Crippen LogP contribution in [0.5, 0.6) is 0 Å². The molecule has 0 fully saturated rings. The van der Waals surface area contributed by atoms with Gasteiger partial charge in [0.25, 0.3) is 0 Å². The van der Waals surface area contributed by atoms with Gasteiger partial charge in [-0.3, -0.25) is 4.57 Å². The van der Waals surface area contributed by atoms with Gasteiger partial charge in [-0.2, -0.15) is 0 Å². The Morgan fingerprint density at radius 3 is 2.08 bits per heavy atom. The number of rotatable bonds is 8. The summed E-state index contributed by atoms with van der Waals surface area (Å²) >= 11 is 0. The fourth-order valence-electron chi connectivity index (χ4n) is 1.81. The van der Waals surface area contributed by atoms with E-state index in [9.17, 15) is 9.67 Å². The molecule has 0 saturated heterocycles. The molecule has 1 aromatic rings. The number of aliphatic hydroxyl groups excluding tert-OH is 1. The molecule has 0 aliphatic rings. The van der Waals surface area contributed by atoms with Crippen LogP contribution in [0, 0.1) is 0 Å². The number of hydrogen-bond donors (Lipinski definition) is 5. The third-order valence-corrected chi connectivity index (χ3v) is 4.04. The van der Waals surface area contributed by atoms with Gasteiger partial charge in [-0.15, -0.1) is 9.79 Å². The quantitative estimate of drug-likeness (QED) is 0.211. The second-order valence-electron chi connectivity index (χ2n) is 5.00. The minimum absolute atomic E-state index is 0. The van der Waals surface area contributed by atoms with Crippen molar-refractivity contribution in [1.82, 2.24) is 4.90 Å². The van der Waals surface area contributed by atoms with Crippen molar-refractivity contribution in [2.24, 2.45) is 0 Å². The standard InChI is InChI=1S/C13H22NO4P.2Na.HO3P.2H/c1-14(11-9-13(15)19(16,17)18)10-5-8-12-6-3-2-4-7-12;;;1-4(2)3;;/h2-4,6-7,13,15H,5,8-11H2,1H3,(H2,16,17,18);;;(H-,1,2,3);;/q;2*+1;;2*-1/p+1. The molecule has 0 heterocycles. The second kappa shape index (κ2) is 17.4. The van der Waals surface area contributed by atoms with Crippen LogP contribution in [0.15, 0.2) is 30.3 Å². The molecule has 0 amide bonds. The molecule has 12 heteroatoms. The Balaban J connectivity index is -0.000000184. The molecular weight excluding hydrogens is 390 g/mol. The van der Waals surface area contributed by atoms with E-state index in [4.69, 9.17) is 24.1 Å². The Labute approximate surface area is 196 Å². The van der Waals surface area contributed by atoms with Crippen molar-refractivity contribution in [3.8, 4) is 0 Å². The maximum Gasteiger partial charge on any atom is 1.00 e. The average Bonchev–Trinajstić information content (AvgIpc) is 2.44. The Hall–Kier alpha value is 1.31. The molecule has 25 heavy (non-hydrogen) atoms. The molecule has 1 atom stereocenters. The maximum atomic E-state index is 10.8. The van der Waals surface area contributed by atoms with Gasteiger partial charge in [0.1, 0.15) is 0 Å². The van der Waals surface area contributed by atoms with Crippen LogP contribution in [0.1, 0.15) is 21.3 Å². The molecule has 1 rings (SSSR count). The van der Waals surface area contributed by atoms with Gasteiger partial charge in [-0.05, 0) is 38.4 Å². The molecule has 1 unspecified atom stereocenters. The van der Waals surface area contributed by atoms with E-state index in [2.05, 4.69) is 12.1 Å². The van der Waals surface area contributed by atoms with Crippen LogP contribution in [0.25, 0.3) is 0 Å². The Kier molecular flexibility index (Phi) is 21.6. The van der Waals surface area contributed by atoms with Crippen LogP contribution in [0.2, 0.25) is 0 Å². The Bertz CT molecular complexity index is 511. The molecule has 0 bridgehead atoms. The number of hydrogen-bond acceptors (Lipinski definition) is 4. The number of aryl methyl sites for hydroxylation is 1. The van der Waals surface area contributed by atoms with Gasteiger partial charge in [-0.25, -0.2) is 0 Å². The largest absolute Gasteiger partial charge is 1.00 e. The predicted octanol–water partition coefficient (Wildman–Crippen LogP) is -4.70. The van der Waals surface area contributed by atoms with E-state index in [1.807, 2.05) is 30.1 Å². The van der Waals surface area contributed by atoms with Gasteiger partial charge in [0.05, 0.1) is 0 Å². The van der Waals surface area contributed by atoms with Crippen molar-refractivity contribution >= 4 is 15.9 Å². The SMILES string of the molecule is CN(CCCc1ccccc1)CCC(O)P(=O)(O)O.O=[P+](O)O.[H-].[H-].[Na+].[Na+]. The van der Waals surface area contributed by atoms with Crippen LogP contribution >= 0.6 is 15.9 Å². The molecule has 0 aliphatic carbocycles. The van der Waals surface area contributed by atoms with Crippen molar-refractivity contribution in [3.63, 3.8) is 0 Å². The fourth-order valence-corrected chi connectivity index (χ4v) is 2.27. The molecule has 5 N–H and O–H groups in total. The molecule has 0 spiro atoms. The summed E-state index contributed by atoms with van der Waals surface area (Å²) < 4.78 is 19.5. The number of aliphatic hydroxyl groups is 1. The summed E-state index contributed by atoms with van der Waals surface area (Å²) in [5.74, 6) is -1.55. The molecule has 8 nitrogen and oxygen atoms in total. The van der Waals surface area contributed by atoms with Gasteiger partial charge in [0.15, 0.2) is 5.85 Å². The summed E-state index contributed by atoms with van der Waals surface area (Å²) in [6.45, 7) is 1.31. The van der Waals surface area contributed by atoms with Crippen molar-refractivity contribution < 1.29 is 95.8 Å². The Morgan fingerprint density at radius 2 is 1.64 bits per heavy atom. The molecule has 1 aromatic carbocycles. The third-order valence-electron chi connectivity index (χ3n) is 3.01. The van der Waals surface area contributed by atoms with E-state index in [0.29, 0.717) is 6.54 Å². The Morgan fingerprint density at radius 1 is 1.16 bits per heavy atom. The van der Waals surface area contributed by atoms with E-state index in [1.54, 1.807) is 0 Å². The van der Waals surface area contributed by atoms with E-state index in [1.165, 1.54) is 5.56 Å². The van der Waals surface area contributed by atoms with Gasteiger partial charge in [0.2, 0.25) is 0 Å². The topological polar surface area (TPSA) is 139 Å². The molecule has 0 aliphatic heterocycles. The first-order valence-corrected chi connectivity index (χ1v) is 9.78. The van der Waals surface area contributed by atoms with Crippen molar-refractivity contribution in [3.05, 3.63) is 35.9 Å². The van der Waals surface area contributed by atoms with Crippen LogP contribution < -0.4 is 59.1 Å². The van der Waals surface area contributed by atoms with E-state index >= 15 is 0 Å². The summed E-state index contributed by atoms with van der Waals surface area (Å²) in [7, 11) is -5.34. The van der Waals surface area contributed by atoms with E-state index in [0.717, 1.165) is 19.4 Å². The predicted molar refractivity (Wildman–Crippen MR) is 89.2 cm³/mol. The van der Waals surface area contributed by atoms with Crippen LogP contribution in [-0.2, 0) is 15.6 Å². The monoisotopic (exact) mass is 416 g/mol. The third kappa shape index (κ3) is 19.9. The van der Waals surface area contributed by atoms with Crippen LogP contribution in [0.4, 0.5) is 0 Å². The average molecular weight is 416 g/mol. The van der Waals surface area contributed by atoms with E-state index in [-0.39, 0.29) is 68.4 Å². The first kappa shape index (κ1) is 31.0. The molecule has 136 valence electrons. The van der Waals surface area contributed by atoms with Crippen molar-refractivity contribution in [1.29, 1.82) is 0 Å². The first-order valence-electron chi connectivity index (χ1n) is 6.93. The van der Waals surface area contributed by atoms with Crippen LogP contribution in [0.3, 0.4) is 0 Å². The van der Waals surface area contributed by atoms with Crippen molar-refractivity contribution in [2.45, 2.75) is 25.1 Å². The second-order valence-corrected chi connectivity index (χ2v) is 7.28. The number of benzene rings is 1. The molecular formula is C13H26NNa2O7P2+. The van der Waals surface area contributed by atoms with Crippen molar-refractivity contribution in [2.75, 3.05) is 20.1 Å².